The minimum absolute atomic E-state index is 0.159. The number of hydrogen-bond acceptors (Lipinski definition) is 6. The Labute approximate surface area is 157 Å². The van der Waals surface area contributed by atoms with Crippen LogP contribution in [0.1, 0.15) is 26.3 Å². The van der Waals surface area contributed by atoms with Gasteiger partial charge >= 0.3 is 6.18 Å². The van der Waals surface area contributed by atoms with Crippen LogP contribution in [0.5, 0.6) is 0 Å². The zero-order valence-corrected chi connectivity index (χ0v) is 15.2. The van der Waals surface area contributed by atoms with Crippen LogP contribution in [0.15, 0.2) is 41.2 Å². The third-order valence-corrected chi connectivity index (χ3v) is 4.12. The quantitative estimate of drug-likeness (QED) is 0.509. The molecule has 0 radical (unpaired) electrons. The molecule has 0 N–H and O–H groups in total. The van der Waals surface area contributed by atoms with Crippen molar-refractivity contribution in [2.24, 2.45) is 0 Å². The van der Waals surface area contributed by atoms with Gasteiger partial charge in [-0.15, -0.1) is 5.10 Å². The molecule has 0 aliphatic carbocycles. The molecule has 0 aliphatic rings. The zero-order chi connectivity index (χ0) is 20.1. The highest BCUT2D eigenvalue weighted by Gasteiger charge is 2.35. The maximum Gasteiger partial charge on any atom is 0.418 e. The van der Waals surface area contributed by atoms with Crippen LogP contribution in [-0.2, 0) is 11.7 Å². The smallest absolute Gasteiger partial charge is 0.334 e. The van der Waals surface area contributed by atoms with Gasteiger partial charge < -0.3 is 4.52 Å². The van der Waals surface area contributed by atoms with E-state index in [9.17, 15) is 13.2 Å². The topological polar surface area (TPSA) is 82.5 Å². The Morgan fingerprint density at radius 1 is 1.07 bits per heavy atom. The lowest BCUT2D eigenvalue weighted by Crippen LogP contribution is -2.22. The van der Waals surface area contributed by atoms with Gasteiger partial charge in [-0.2, -0.15) is 18.2 Å². The second-order valence-electron chi connectivity index (χ2n) is 7.22. The third kappa shape index (κ3) is 3.10. The third-order valence-electron chi connectivity index (χ3n) is 4.12. The van der Waals surface area contributed by atoms with Crippen molar-refractivity contribution in [3.63, 3.8) is 0 Å². The molecular weight excluding hydrogens is 373 g/mol. The van der Waals surface area contributed by atoms with E-state index in [2.05, 4.69) is 25.4 Å². The Hall–Kier alpha value is -3.30. The van der Waals surface area contributed by atoms with Gasteiger partial charge in [0, 0.05) is 18.0 Å². The second-order valence-corrected chi connectivity index (χ2v) is 7.22. The number of hydrogen-bond donors (Lipinski definition) is 0. The van der Waals surface area contributed by atoms with Gasteiger partial charge in [-0.1, -0.05) is 10.4 Å². The predicted molar refractivity (Wildman–Crippen MR) is 94.0 cm³/mol. The summed E-state index contributed by atoms with van der Waals surface area (Å²) in [5, 5.41) is 12.1. The highest BCUT2D eigenvalue weighted by Crippen LogP contribution is 2.36. The molecule has 4 rings (SSSR count). The molecule has 0 bridgehead atoms. The average molecular weight is 388 g/mol. The summed E-state index contributed by atoms with van der Waals surface area (Å²) < 4.78 is 46.4. The predicted octanol–water partition coefficient (Wildman–Crippen LogP) is 4.32. The number of pyridine rings is 1. The van der Waals surface area contributed by atoms with Crippen LogP contribution in [-0.4, -0.2) is 30.1 Å². The number of rotatable bonds is 2. The summed E-state index contributed by atoms with van der Waals surface area (Å²) in [4.78, 5) is 7.66. The summed E-state index contributed by atoms with van der Waals surface area (Å²) >= 11 is 0. The van der Waals surface area contributed by atoms with Crippen molar-refractivity contribution in [1.29, 1.82) is 0 Å². The molecule has 0 saturated heterocycles. The molecule has 4 aromatic rings. The van der Waals surface area contributed by atoms with Gasteiger partial charge in [0.2, 0.25) is 5.82 Å². The highest BCUT2D eigenvalue weighted by molar-refractivity contribution is 5.80. The molecular formula is C18H15F3N6O. The Bertz CT molecular complexity index is 1160. The standard InChI is InChI=1S/C18H15F3N6O/c1-17(2,3)27-14-5-4-10(8-13(14)24-26-27)15-23-16(28-25-15)11-6-7-22-9-12(11)18(19,20)21/h4-9H,1-3H3. The molecule has 7 nitrogen and oxygen atoms in total. The molecule has 28 heavy (non-hydrogen) atoms. The van der Waals surface area contributed by atoms with Crippen molar-refractivity contribution in [2.45, 2.75) is 32.5 Å². The van der Waals surface area contributed by atoms with E-state index in [0.717, 1.165) is 11.7 Å². The summed E-state index contributed by atoms with van der Waals surface area (Å²) in [6, 6.07) is 6.48. The molecule has 1 aromatic carbocycles. The molecule has 10 heteroatoms. The van der Waals surface area contributed by atoms with Crippen molar-refractivity contribution in [1.82, 2.24) is 30.1 Å². The second kappa shape index (κ2) is 6.11. The lowest BCUT2D eigenvalue weighted by Gasteiger charge is -2.19. The molecule has 3 aromatic heterocycles. The van der Waals surface area contributed by atoms with E-state index in [1.54, 1.807) is 16.8 Å². The van der Waals surface area contributed by atoms with Gasteiger partial charge in [-0.25, -0.2) is 4.68 Å². The number of alkyl halides is 3. The lowest BCUT2D eigenvalue weighted by atomic mass is 10.1. The van der Waals surface area contributed by atoms with Crippen LogP contribution < -0.4 is 0 Å². The van der Waals surface area contributed by atoms with Gasteiger partial charge in [0.05, 0.1) is 22.2 Å². The van der Waals surface area contributed by atoms with E-state index in [1.165, 1.54) is 12.3 Å². The molecule has 3 heterocycles. The van der Waals surface area contributed by atoms with Crippen molar-refractivity contribution in [3.8, 4) is 22.8 Å². The SMILES string of the molecule is CC(C)(C)n1nnc2cc(-c3noc(-c4ccncc4C(F)(F)F)n3)ccc21. The number of nitrogens with zero attached hydrogens (tertiary/aromatic N) is 6. The van der Waals surface area contributed by atoms with Crippen molar-refractivity contribution >= 4 is 11.0 Å². The average Bonchev–Trinajstić information content (AvgIpc) is 3.27. The fourth-order valence-electron chi connectivity index (χ4n) is 2.82. The van der Waals surface area contributed by atoms with Crippen LogP contribution in [0.4, 0.5) is 13.2 Å². The van der Waals surface area contributed by atoms with E-state index in [0.29, 0.717) is 11.1 Å². The van der Waals surface area contributed by atoms with Crippen LogP contribution in [0.25, 0.3) is 33.9 Å². The monoisotopic (exact) mass is 388 g/mol. The molecule has 0 amide bonds. The lowest BCUT2D eigenvalue weighted by molar-refractivity contribution is -0.137. The van der Waals surface area contributed by atoms with Crippen molar-refractivity contribution in [2.75, 3.05) is 0 Å². The van der Waals surface area contributed by atoms with Gasteiger partial charge in [0.1, 0.15) is 5.52 Å². The summed E-state index contributed by atoms with van der Waals surface area (Å²) in [7, 11) is 0. The maximum absolute atomic E-state index is 13.2. The Morgan fingerprint density at radius 3 is 2.57 bits per heavy atom. The number of aromatic nitrogens is 6. The van der Waals surface area contributed by atoms with E-state index >= 15 is 0 Å². The first kappa shape index (κ1) is 18.1. The van der Waals surface area contributed by atoms with Crippen LogP contribution in [0.3, 0.4) is 0 Å². The molecule has 0 aliphatic heterocycles. The number of benzene rings is 1. The normalized spacial score (nSPS) is 12.6. The summed E-state index contributed by atoms with van der Waals surface area (Å²) in [6.45, 7) is 6.02. The Balaban J connectivity index is 1.75. The van der Waals surface area contributed by atoms with Crippen LogP contribution >= 0.6 is 0 Å². The Kier molecular flexibility index (Phi) is 3.95. The van der Waals surface area contributed by atoms with Crippen molar-refractivity contribution in [3.05, 3.63) is 42.2 Å². The molecule has 0 unspecified atom stereocenters. The van der Waals surface area contributed by atoms with E-state index in [1.807, 2.05) is 26.8 Å². The van der Waals surface area contributed by atoms with Crippen molar-refractivity contribution < 1.29 is 17.7 Å². The van der Waals surface area contributed by atoms with E-state index in [4.69, 9.17) is 4.52 Å². The first-order valence-electron chi connectivity index (χ1n) is 8.36. The van der Waals surface area contributed by atoms with Gasteiger partial charge in [-0.05, 0) is 45.0 Å². The minimum Gasteiger partial charge on any atom is -0.334 e. The van der Waals surface area contributed by atoms with Gasteiger partial charge in [-0.3, -0.25) is 4.98 Å². The minimum atomic E-state index is -4.58. The largest absolute Gasteiger partial charge is 0.418 e. The summed E-state index contributed by atoms with van der Waals surface area (Å²) in [6.07, 6.45) is -2.61. The van der Waals surface area contributed by atoms with E-state index in [-0.39, 0.29) is 22.8 Å². The highest BCUT2D eigenvalue weighted by atomic mass is 19.4. The first-order chi connectivity index (χ1) is 13.1. The van der Waals surface area contributed by atoms with E-state index < -0.39 is 11.7 Å². The first-order valence-corrected chi connectivity index (χ1v) is 8.36. The van der Waals surface area contributed by atoms with Gasteiger partial charge in [0.25, 0.3) is 5.89 Å². The number of fused-ring (bicyclic) bond motifs is 1. The van der Waals surface area contributed by atoms with Crippen LogP contribution in [0, 0.1) is 0 Å². The van der Waals surface area contributed by atoms with Crippen LogP contribution in [0.2, 0.25) is 0 Å². The summed E-state index contributed by atoms with van der Waals surface area (Å²) in [5.41, 5.74) is 0.609. The molecule has 144 valence electrons. The maximum atomic E-state index is 13.2. The van der Waals surface area contributed by atoms with Gasteiger partial charge in [0.15, 0.2) is 0 Å². The fourth-order valence-corrected chi connectivity index (χ4v) is 2.82. The molecule has 0 atom stereocenters. The Morgan fingerprint density at radius 2 is 1.86 bits per heavy atom. The molecule has 0 saturated carbocycles. The molecule has 0 fully saturated rings. The zero-order valence-electron chi connectivity index (χ0n) is 15.2. The number of halogens is 3. The molecule has 0 spiro atoms. The fraction of sp³-hybridized carbons (Fsp3) is 0.278. The summed E-state index contributed by atoms with van der Waals surface area (Å²) in [5.74, 6) is -0.0738.